The van der Waals surface area contributed by atoms with Crippen LogP contribution in [0.15, 0.2) is 36.5 Å². The average molecular weight is 275 g/mol. The molecule has 1 N–H and O–H groups in total. The van der Waals surface area contributed by atoms with E-state index in [0.717, 1.165) is 20.7 Å². The molecule has 0 saturated carbocycles. The van der Waals surface area contributed by atoms with Gasteiger partial charge < -0.3 is 5.32 Å². The van der Waals surface area contributed by atoms with Gasteiger partial charge in [0.25, 0.3) is 0 Å². The molecule has 0 aliphatic carbocycles. The third kappa shape index (κ3) is 2.27. The maximum Gasteiger partial charge on any atom is 0.123 e. The van der Waals surface area contributed by atoms with Gasteiger partial charge in [-0.15, -0.1) is 11.3 Å². The molecule has 0 saturated heterocycles. The van der Waals surface area contributed by atoms with Gasteiger partial charge in [0.15, 0.2) is 0 Å². The van der Waals surface area contributed by atoms with Crippen LogP contribution in [0.4, 0.5) is 4.39 Å². The quantitative estimate of drug-likeness (QED) is 0.796. The van der Waals surface area contributed by atoms with E-state index in [1.54, 1.807) is 22.1 Å². The highest BCUT2D eigenvalue weighted by atomic mass is 32.1. The van der Waals surface area contributed by atoms with Gasteiger partial charge in [0.1, 0.15) is 5.82 Å². The molecule has 1 unspecified atom stereocenters. The van der Waals surface area contributed by atoms with Crippen molar-refractivity contribution in [2.75, 3.05) is 7.05 Å². The van der Waals surface area contributed by atoms with E-state index in [4.69, 9.17) is 0 Å². The Morgan fingerprint density at radius 3 is 2.84 bits per heavy atom. The molecule has 0 bridgehead atoms. The van der Waals surface area contributed by atoms with Gasteiger partial charge in [-0.3, -0.25) is 4.68 Å². The Morgan fingerprint density at radius 1 is 1.32 bits per heavy atom. The van der Waals surface area contributed by atoms with E-state index in [-0.39, 0.29) is 11.9 Å². The van der Waals surface area contributed by atoms with Crippen molar-refractivity contribution >= 4 is 21.4 Å². The lowest BCUT2D eigenvalue weighted by atomic mass is 10.1. The van der Waals surface area contributed by atoms with Gasteiger partial charge in [0.2, 0.25) is 0 Å². The third-order valence-corrected chi connectivity index (χ3v) is 4.28. The van der Waals surface area contributed by atoms with Gasteiger partial charge in [-0.25, -0.2) is 4.39 Å². The zero-order valence-corrected chi connectivity index (χ0v) is 11.5. The van der Waals surface area contributed by atoms with Crippen molar-refractivity contribution in [2.45, 2.75) is 6.04 Å². The summed E-state index contributed by atoms with van der Waals surface area (Å²) in [5, 5.41) is 8.64. The summed E-state index contributed by atoms with van der Waals surface area (Å²) in [4.78, 5) is 1.14. The van der Waals surface area contributed by atoms with Crippen molar-refractivity contribution in [3.8, 4) is 0 Å². The van der Waals surface area contributed by atoms with Crippen LogP contribution in [0.3, 0.4) is 0 Å². The molecule has 19 heavy (non-hydrogen) atoms. The summed E-state index contributed by atoms with van der Waals surface area (Å²) in [6.45, 7) is 0. The summed E-state index contributed by atoms with van der Waals surface area (Å²) in [6.07, 6.45) is 1.92. The zero-order chi connectivity index (χ0) is 13.4. The number of nitrogens with zero attached hydrogens (tertiary/aromatic N) is 2. The largest absolute Gasteiger partial charge is 0.307 e. The Bertz CT molecular complexity index is 716. The lowest BCUT2D eigenvalue weighted by molar-refractivity contribution is 0.630. The molecule has 2 heterocycles. The number of halogens is 1. The molecular formula is C14H14FN3S. The fourth-order valence-electron chi connectivity index (χ4n) is 2.20. The molecular weight excluding hydrogens is 261 g/mol. The first-order chi connectivity index (χ1) is 9.17. The molecule has 0 amide bonds. The molecule has 0 fully saturated rings. The van der Waals surface area contributed by atoms with E-state index in [1.807, 2.05) is 38.5 Å². The minimum absolute atomic E-state index is 0.0432. The summed E-state index contributed by atoms with van der Waals surface area (Å²) < 4.78 is 16.1. The molecule has 98 valence electrons. The van der Waals surface area contributed by atoms with Gasteiger partial charge in [-0.05, 0) is 42.8 Å². The van der Waals surface area contributed by atoms with Gasteiger partial charge in [0, 0.05) is 22.8 Å². The van der Waals surface area contributed by atoms with Crippen molar-refractivity contribution in [1.29, 1.82) is 0 Å². The maximum atomic E-state index is 13.2. The summed E-state index contributed by atoms with van der Waals surface area (Å²) in [5.41, 5.74) is 0.969. The van der Waals surface area contributed by atoms with Crippen LogP contribution in [0, 0.1) is 5.82 Å². The van der Waals surface area contributed by atoms with E-state index >= 15 is 0 Å². The van der Waals surface area contributed by atoms with Crippen LogP contribution >= 0.6 is 11.3 Å². The molecule has 0 aliphatic heterocycles. The predicted octanol–water partition coefficient (Wildman–Crippen LogP) is 3.08. The normalized spacial score (nSPS) is 13.0. The van der Waals surface area contributed by atoms with E-state index in [9.17, 15) is 4.39 Å². The molecule has 0 radical (unpaired) electrons. The summed E-state index contributed by atoms with van der Waals surface area (Å²) in [6, 6.07) is 8.95. The van der Waals surface area contributed by atoms with Crippen LogP contribution in [-0.2, 0) is 7.05 Å². The first kappa shape index (κ1) is 12.3. The number of hydrogen-bond acceptors (Lipinski definition) is 3. The molecule has 5 heteroatoms. The molecule has 2 aromatic heterocycles. The molecule has 1 atom stereocenters. The van der Waals surface area contributed by atoms with Crippen LogP contribution in [0.2, 0.25) is 0 Å². The van der Waals surface area contributed by atoms with Crippen LogP contribution in [0.25, 0.3) is 10.1 Å². The molecule has 0 aliphatic rings. The standard InChI is InChI=1S/C14H14FN3S/c1-16-14(11-5-6-18(2)17-11)13-8-9-7-10(15)3-4-12(9)19-13/h3-8,14,16H,1-2H3. The van der Waals surface area contributed by atoms with Crippen LogP contribution in [0.1, 0.15) is 16.6 Å². The lowest BCUT2D eigenvalue weighted by Crippen LogP contribution is -2.17. The van der Waals surface area contributed by atoms with Crippen LogP contribution < -0.4 is 5.32 Å². The van der Waals surface area contributed by atoms with E-state index in [1.165, 1.54) is 6.07 Å². The summed E-state index contributed by atoms with van der Waals surface area (Å²) in [5.74, 6) is -0.198. The molecule has 3 nitrogen and oxygen atoms in total. The number of thiophene rings is 1. The van der Waals surface area contributed by atoms with Crippen molar-refractivity contribution in [1.82, 2.24) is 15.1 Å². The average Bonchev–Trinajstić information content (AvgIpc) is 2.96. The minimum Gasteiger partial charge on any atom is -0.307 e. The number of benzene rings is 1. The number of rotatable bonds is 3. The van der Waals surface area contributed by atoms with Gasteiger partial charge >= 0.3 is 0 Å². The van der Waals surface area contributed by atoms with Crippen LogP contribution in [-0.4, -0.2) is 16.8 Å². The molecule has 0 spiro atoms. The number of aromatic nitrogens is 2. The Balaban J connectivity index is 2.06. The van der Waals surface area contributed by atoms with Crippen molar-refractivity contribution < 1.29 is 4.39 Å². The Labute approximate surface area is 114 Å². The van der Waals surface area contributed by atoms with Crippen LogP contribution in [0.5, 0.6) is 0 Å². The smallest absolute Gasteiger partial charge is 0.123 e. The number of nitrogens with one attached hydrogen (secondary N) is 1. The fourth-order valence-corrected chi connectivity index (χ4v) is 3.37. The van der Waals surface area contributed by atoms with E-state index in [0.29, 0.717) is 0 Å². The monoisotopic (exact) mass is 275 g/mol. The molecule has 3 rings (SSSR count). The second-order valence-electron chi connectivity index (χ2n) is 4.47. The second-order valence-corrected chi connectivity index (χ2v) is 5.58. The van der Waals surface area contributed by atoms with E-state index in [2.05, 4.69) is 10.4 Å². The highest BCUT2D eigenvalue weighted by Crippen LogP contribution is 2.32. The zero-order valence-electron chi connectivity index (χ0n) is 10.7. The number of aryl methyl sites for hydroxylation is 1. The number of fused-ring (bicyclic) bond motifs is 1. The Morgan fingerprint density at radius 2 is 2.16 bits per heavy atom. The highest BCUT2D eigenvalue weighted by molar-refractivity contribution is 7.19. The summed E-state index contributed by atoms with van der Waals surface area (Å²) >= 11 is 1.66. The topological polar surface area (TPSA) is 29.9 Å². The predicted molar refractivity (Wildman–Crippen MR) is 75.9 cm³/mol. The SMILES string of the molecule is CNC(c1ccn(C)n1)c1cc2cc(F)ccc2s1. The summed E-state index contributed by atoms with van der Waals surface area (Å²) in [7, 11) is 3.81. The molecule has 3 aromatic rings. The molecule has 1 aromatic carbocycles. The lowest BCUT2D eigenvalue weighted by Gasteiger charge is -2.11. The minimum atomic E-state index is -0.198. The first-order valence-electron chi connectivity index (χ1n) is 6.03. The van der Waals surface area contributed by atoms with E-state index < -0.39 is 0 Å². The second kappa shape index (κ2) is 4.75. The third-order valence-electron chi connectivity index (χ3n) is 3.10. The van der Waals surface area contributed by atoms with Gasteiger partial charge in [0.05, 0.1) is 11.7 Å². The van der Waals surface area contributed by atoms with Gasteiger partial charge in [-0.2, -0.15) is 5.10 Å². The first-order valence-corrected chi connectivity index (χ1v) is 6.85. The highest BCUT2D eigenvalue weighted by Gasteiger charge is 2.17. The van der Waals surface area contributed by atoms with Crippen molar-refractivity contribution in [3.63, 3.8) is 0 Å². The van der Waals surface area contributed by atoms with Crippen molar-refractivity contribution in [3.05, 3.63) is 52.9 Å². The number of hydrogen-bond donors (Lipinski definition) is 1. The fraction of sp³-hybridized carbons (Fsp3) is 0.214. The van der Waals surface area contributed by atoms with Gasteiger partial charge in [-0.1, -0.05) is 0 Å². The Kier molecular flexibility index (Phi) is 3.08. The Hall–Kier alpha value is -1.72. The maximum absolute atomic E-state index is 13.2. The van der Waals surface area contributed by atoms with Crippen molar-refractivity contribution in [2.24, 2.45) is 7.05 Å².